The molecule has 1 fully saturated rings. The van der Waals surface area contributed by atoms with Crippen LogP contribution in [0.1, 0.15) is 41.3 Å². The number of carbonyl (C=O) groups is 1. The molecule has 1 aliphatic heterocycles. The third kappa shape index (κ3) is 3.89. The molecule has 4 rings (SSSR count). The van der Waals surface area contributed by atoms with Gasteiger partial charge >= 0.3 is 6.18 Å². The van der Waals surface area contributed by atoms with Crippen LogP contribution in [0, 0.1) is 6.92 Å². The molecule has 0 radical (unpaired) electrons. The van der Waals surface area contributed by atoms with Crippen LogP contribution >= 0.6 is 0 Å². The molecule has 0 spiro atoms. The van der Waals surface area contributed by atoms with E-state index in [4.69, 9.17) is 0 Å². The molecule has 1 aromatic heterocycles. The predicted octanol–water partition coefficient (Wildman–Crippen LogP) is 5.10. The molecule has 5 nitrogen and oxygen atoms in total. The number of halogens is 3. The largest absolute Gasteiger partial charge is 0.418 e. The van der Waals surface area contributed by atoms with Crippen LogP contribution in [0.5, 0.6) is 0 Å². The maximum absolute atomic E-state index is 13.8. The molecule has 0 saturated carbocycles. The topological polar surface area (TPSA) is 65.2 Å². The summed E-state index contributed by atoms with van der Waals surface area (Å²) < 4.78 is 41.3. The van der Waals surface area contributed by atoms with Crippen molar-refractivity contribution in [2.45, 2.75) is 38.9 Å². The highest BCUT2D eigenvalue weighted by molar-refractivity contribution is 6.06. The fourth-order valence-corrected chi connectivity index (χ4v) is 4.17. The molecule has 1 aliphatic rings. The number of amides is 1. The number of nitrogens with one attached hydrogen (secondary N) is 2. The molecule has 0 bridgehead atoms. The van der Waals surface area contributed by atoms with Gasteiger partial charge in [0.15, 0.2) is 0 Å². The van der Waals surface area contributed by atoms with E-state index in [2.05, 4.69) is 10.3 Å². The van der Waals surface area contributed by atoms with E-state index in [1.165, 1.54) is 12.3 Å². The van der Waals surface area contributed by atoms with E-state index in [9.17, 15) is 22.8 Å². The summed E-state index contributed by atoms with van der Waals surface area (Å²) in [4.78, 5) is 30.4. The van der Waals surface area contributed by atoms with Crippen molar-refractivity contribution < 1.29 is 18.0 Å². The fraction of sp³-hybridized carbons (Fsp3) is 0.304. The highest BCUT2D eigenvalue weighted by Gasteiger charge is 2.35. The van der Waals surface area contributed by atoms with Crippen LogP contribution in [-0.2, 0) is 6.18 Å². The number of rotatable bonds is 3. The Kier molecular flexibility index (Phi) is 5.24. The second-order valence-corrected chi connectivity index (χ2v) is 7.90. The number of fused-ring (bicyclic) bond motifs is 1. The number of alkyl halides is 3. The van der Waals surface area contributed by atoms with Gasteiger partial charge in [-0.2, -0.15) is 13.2 Å². The molecular weight excluding hydrogens is 407 g/mol. The van der Waals surface area contributed by atoms with Crippen LogP contribution in [0.4, 0.5) is 24.5 Å². The molecule has 162 valence electrons. The Bertz CT molecular complexity index is 1220. The second kappa shape index (κ2) is 7.76. The Morgan fingerprint density at radius 3 is 2.68 bits per heavy atom. The lowest BCUT2D eigenvalue weighted by Crippen LogP contribution is -2.27. The summed E-state index contributed by atoms with van der Waals surface area (Å²) in [6.07, 6.45) is -1.59. The summed E-state index contributed by atoms with van der Waals surface area (Å²) in [6.45, 7) is 4.40. The first-order valence-corrected chi connectivity index (χ1v) is 10.1. The Labute approximate surface area is 176 Å². The molecule has 1 atom stereocenters. The average Bonchev–Trinajstić information content (AvgIpc) is 3.13. The number of aryl methyl sites for hydroxylation is 1. The zero-order valence-electron chi connectivity index (χ0n) is 17.1. The van der Waals surface area contributed by atoms with Gasteiger partial charge in [-0.3, -0.25) is 9.59 Å². The van der Waals surface area contributed by atoms with Crippen molar-refractivity contribution in [3.63, 3.8) is 0 Å². The summed E-state index contributed by atoms with van der Waals surface area (Å²) in [5, 5.41) is 2.63. The third-order valence-electron chi connectivity index (χ3n) is 5.80. The van der Waals surface area contributed by atoms with Crippen molar-refractivity contribution in [1.29, 1.82) is 0 Å². The van der Waals surface area contributed by atoms with Gasteiger partial charge in [-0.1, -0.05) is 12.1 Å². The molecule has 2 N–H and O–H groups in total. The number of hydrogen-bond donors (Lipinski definition) is 2. The van der Waals surface area contributed by atoms with Crippen LogP contribution in [0.15, 0.2) is 47.4 Å². The summed E-state index contributed by atoms with van der Waals surface area (Å²) in [6, 6.07) is 9.24. The molecule has 1 amide bonds. The number of aromatic nitrogens is 1. The Hall–Kier alpha value is -3.29. The third-order valence-corrected chi connectivity index (χ3v) is 5.80. The van der Waals surface area contributed by atoms with Gasteiger partial charge in [-0.25, -0.2) is 0 Å². The van der Waals surface area contributed by atoms with Crippen molar-refractivity contribution in [3.8, 4) is 0 Å². The van der Waals surface area contributed by atoms with Gasteiger partial charge in [-0.05, 0) is 56.5 Å². The van der Waals surface area contributed by atoms with Crippen molar-refractivity contribution in [2.24, 2.45) is 0 Å². The quantitative estimate of drug-likeness (QED) is 0.609. The first-order valence-electron chi connectivity index (χ1n) is 10.1. The molecule has 2 aromatic carbocycles. The normalized spacial score (nSPS) is 16.7. The molecule has 0 unspecified atom stereocenters. The number of aromatic amines is 1. The highest BCUT2D eigenvalue weighted by atomic mass is 19.4. The van der Waals surface area contributed by atoms with E-state index in [1.54, 1.807) is 31.2 Å². The minimum Gasteiger partial charge on any atom is -0.369 e. The van der Waals surface area contributed by atoms with Gasteiger partial charge in [0.05, 0.1) is 11.3 Å². The molecular formula is C23H22F3N3O2. The first-order chi connectivity index (χ1) is 14.7. The van der Waals surface area contributed by atoms with Gasteiger partial charge in [0, 0.05) is 35.4 Å². The summed E-state index contributed by atoms with van der Waals surface area (Å²) in [5.74, 6) is -0.890. The second-order valence-electron chi connectivity index (χ2n) is 7.90. The van der Waals surface area contributed by atoms with E-state index in [0.29, 0.717) is 28.7 Å². The van der Waals surface area contributed by atoms with E-state index in [1.807, 2.05) is 11.8 Å². The fourth-order valence-electron chi connectivity index (χ4n) is 4.17. The van der Waals surface area contributed by atoms with Crippen molar-refractivity contribution in [2.75, 3.05) is 16.8 Å². The number of carbonyl (C=O) groups excluding carboxylic acids is 1. The number of anilines is 2. The lowest BCUT2D eigenvalue weighted by atomic mass is 10.1. The molecule has 1 saturated heterocycles. The zero-order valence-corrected chi connectivity index (χ0v) is 17.1. The number of H-pyrrole nitrogens is 1. The number of nitrogens with zero attached hydrogens (tertiary/aromatic N) is 1. The Morgan fingerprint density at radius 1 is 1.23 bits per heavy atom. The summed E-state index contributed by atoms with van der Waals surface area (Å²) in [5.41, 5.74) is -0.389. The van der Waals surface area contributed by atoms with Crippen LogP contribution < -0.4 is 15.6 Å². The van der Waals surface area contributed by atoms with Gasteiger partial charge < -0.3 is 15.2 Å². The Balaban J connectivity index is 1.71. The van der Waals surface area contributed by atoms with Crippen LogP contribution in [0.25, 0.3) is 10.9 Å². The van der Waals surface area contributed by atoms with Crippen LogP contribution in [-0.4, -0.2) is 23.5 Å². The number of benzene rings is 2. The van der Waals surface area contributed by atoms with E-state index < -0.39 is 23.1 Å². The van der Waals surface area contributed by atoms with Crippen LogP contribution in [0.2, 0.25) is 0 Å². The summed E-state index contributed by atoms with van der Waals surface area (Å²) in [7, 11) is 0. The lowest BCUT2D eigenvalue weighted by Gasteiger charge is -2.25. The SMILES string of the molecule is Cc1cccc2[nH]cc(C(=O)Nc3ccc(N4CCC[C@@H]4C)cc3C(F)(F)F)c(=O)c12. The minimum absolute atomic E-state index is 0.154. The van der Waals surface area contributed by atoms with E-state index in [-0.39, 0.29) is 17.3 Å². The molecule has 3 aromatic rings. The van der Waals surface area contributed by atoms with Gasteiger partial charge in [0.1, 0.15) is 5.56 Å². The molecule has 0 aliphatic carbocycles. The van der Waals surface area contributed by atoms with Crippen LogP contribution in [0.3, 0.4) is 0 Å². The van der Waals surface area contributed by atoms with Crippen molar-refractivity contribution in [1.82, 2.24) is 4.98 Å². The monoisotopic (exact) mass is 429 g/mol. The number of pyridine rings is 1. The predicted molar refractivity (Wildman–Crippen MR) is 115 cm³/mol. The van der Waals surface area contributed by atoms with E-state index in [0.717, 1.165) is 18.9 Å². The van der Waals surface area contributed by atoms with Crippen molar-refractivity contribution >= 4 is 28.2 Å². The average molecular weight is 429 g/mol. The molecule has 8 heteroatoms. The van der Waals surface area contributed by atoms with E-state index >= 15 is 0 Å². The maximum Gasteiger partial charge on any atom is 0.418 e. The maximum atomic E-state index is 13.8. The van der Waals surface area contributed by atoms with Gasteiger partial charge in [-0.15, -0.1) is 0 Å². The van der Waals surface area contributed by atoms with Gasteiger partial charge in [0.25, 0.3) is 5.91 Å². The lowest BCUT2D eigenvalue weighted by molar-refractivity contribution is -0.136. The zero-order chi connectivity index (χ0) is 22.3. The first kappa shape index (κ1) is 21.0. The van der Waals surface area contributed by atoms with Crippen molar-refractivity contribution in [3.05, 3.63) is 69.5 Å². The number of hydrogen-bond acceptors (Lipinski definition) is 3. The highest BCUT2D eigenvalue weighted by Crippen LogP contribution is 2.38. The smallest absolute Gasteiger partial charge is 0.369 e. The molecule has 31 heavy (non-hydrogen) atoms. The minimum atomic E-state index is -4.66. The Morgan fingerprint density at radius 2 is 2.00 bits per heavy atom. The molecule has 2 heterocycles. The standard InChI is InChI=1S/C23H22F3N3O2/c1-13-5-3-7-19-20(13)21(30)16(12-27-19)22(31)28-18-9-8-15(11-17(18)23(24,25)26)29-10-4-6-14(29)2/h3,5,7-9,11-12,14H,4,6,10H2,1-2H3,(H,27,30)(H,28,31)/t14-/m0/s1. The van der Waals surface area contributed by atoms with Gasteiger partial charge in [0.2, 0.25) is 5.43 Å². The summed E-state index contributed by atoms with van der Waals surface area (Å²) >= 11 is 0.